The van der Waals surface area contributed by atoms with E-state index < -0.39 is 0 Å². The number of rotatable bonds is 4. The van der Waals surface area contributed by atoms with Crippen LogP contribution in [0.15, 0.2) is 18.2 Å². The number of aliphatic hydroxyl groups excluding tert-OH is 1. The predicted molar refractivity (Wildman–Crippen MR) is 75.0 cm³/mol. The molecule has 1 atom stereocenters. The van der Waals surface area contributed by atoms with E-state index in [2.05, 4.69) is 5.32 Å². The normalized spacial score (nSPS) is 23.7. The third kappa shape index (κ3) is 2.85. The Bertz CT molecular complexity index is 412. The molecule has 1 unspecified atom stereocenters. The van der Waals surface area contributed by atoms with Gasteiger partial charge < -0.3 is 19.9 Å². The number of benzene rings is 1. The standard InChI is InChI=1S/C15H23NO3/c1-18-12-4-5-13(14(10-12)19-2)15(11-17)6-3-8-16-9-7-15/h4-5,10,16-17H,3,6-9,11H2,1-2H3. The van der Waals surface area contributed by atoms with Crippen molar-refractivity contribution >= 4 is 0 Å². The smallest absolute Gasteiger partial charge is 0.126 e. The van der Waals surface area contributed by atoms with Gasteiger partial charge in [-0.3, -0.25) is 0 Å². The van der Waals surface area contributed by atoms with Crippen molar-refractivity contribution in [3.8, 4) is 11.5 Å². The summed E-state index contributed by atoms with van der Waals surface area (Å²) in [6.07, 6.45) is 2.96. The number of ether oxygens (including phenoxy) is 2. The first kappa shape index (κ1) is 14.2. The molecule has 0 bridgehead atoms. The molecule has 0 saturated carbocycles. The second kappa shape index (κ2) is 6.26. The summed E-state index contributed by atoms with van der Waals surface area (Å²) in [5, 5.41) is 13.3. The Morgan fingerprint density at radius 1 is 1.21 bits per heavy atom. The van der Waals surface area contributed by atoms with E-state index in [1.165, 1.54) is 0 Å². The van der Waals surface area contributed by atoms with Crippen LogP contribution in [0.5, 0.6) is 11.5 Å². The van der Waals surface area contributed by atoms with E-state index in [9.17, 15) is 5.11 Å². The zero-order valence-corrected chi connectivity index (χ0v) is 11.7. The Morgan fingerprint density at radius 3 is 2.74 bits per heavy atom. The molecule has 1 aromatic carbocycles. The molecule has 0 aromatic heterocycles. The quantitative estimate of drug-likeness (QED) is 0.870. The summed E-state index contributed by atoms with van der Waals surface area (Å²) >= 11 is 0. The molecular formula is C15H23NO3. The summed E-state index contributed by atoms with van der Waals surface area (Å²) in [4.78, 5) is 0. The first-order chi connectivity index (χ1) is 9.25. The van der Waals surface area contributed by atoms with Crippen molar-refractivity contribution < 1.29 is 14.6 Å². The number of aliphatic hydroxyl groups is 1. The Labute approximate surface area is 114 Å². The van der Waals surface area contributed by atoms with Gasteiger partial charge in [0.05, 0.1) is 20.8 Å². The molecule has 1 heterocycles. The van der Waals surface area contributed by atoms with Gasteiger partial charge in [0, 0.05) is 17.0 Å². The highest BCUT2D eigenvalue weighted by Gasteiger charge is 2.34. The molecular weight excluding hydrogens is 242 g/mol. The molecule has 4 nitrogen and oxygen atoms in total. The molecule has 0 spiro atoms. The first-order valence-corrected chi connectivity index (χ1v) is 6.80. The van der Waals surface area contributed by atoms with Crippen LogP contribution in [0.3, 0.4) is 0 Å². The number of methoxy groups -OCH3 is 2. The van der Waals surface area contributed by atoms with E-state index in [1.807, 2.05) is 18.2 Å². The van der Waals surface area contributed by atoms with Gasteiger partial charge in [-0.05, 0) is 38.4 Å². The zero-order chi connectivity index (χ0) is 13.7. The molecule has 1 fully saturated rings. The summed E-state index contributed by atoms with van der Waals surface area (Å²) in [7, 11) is 3.31. The van der Waals surface area contributed by atoms with Crippen LogP contribution in [0, 0.1) is 0 Å². The van der Waals surface area contributed by atoms with Crippen LogP contribution in [0.25, 0.3) is 0 Å². The van der Waals surface area contributed by atoms with Crippen molar-refractivity contribution in [2.45, 2.75) is 24.7 Å². The maximum Gasteiger partial charge on any atom is 0.126 e. The van der Waals surface area contributed by atoms with Gasteiger partial charge in [-0.15, -0.1) is 0 Å². The van der Waals surface area contributed by atoms with Crippen molar-refractivity contribution in [1.82, 2.24) is 5.32 Å². The van der Waals surface area contributed by atoms with Crippen molar-refractivity contribution in [3.05, 3.63) is 23.8 Å². The lowest BCUT2D eigenvalue weighted by Crippen LogP contribution is -2.32. The molecule has 2 rings (SSSR count). The molecule has 2 N–H and O–H groups in total. The summed E-state index contributed by atoms with van der Waals surface area (Å²) < 4.78 is 10.7. The summed E-state index contributed by atoms with van der Waals surface area (Å²) in [5.41, 5.74) is 0.878. The average Bonchev–Trinajstić information content (AvgIpc) is 2.72. The van der Waals surface area contributed by atoms with Crippen molar-refractivity contribution in [2.24, 2.45) is 0 Å². The lowest BCUT2D eigenvalue weighted by atomic mass is 9.75. The van der Waals surface area contributed by atoms with Gasteiger partial charge >= 0.3 is 0 Å². The second-order valence-electron chi connectivity index (χ2n) is 5.11. The fourth-order valence-corrected chi connectivity index (χ4v) is 2.88. The Morgan fingerprint density at radius 2 is 2.05 bits per heavy atom. The molecule has 106 valence electrons. The maximum atomic E-state index is 9.95. The Balaban J connectivity index is 2.41. The molecule has 1 aliphatic heterocycles. The Kier molecular flexibility index (Phi) is 4.66. The van der Waals surface area contributed by atoms with Crippen LogP contribution in [-0.4, -0.2) is 39.0 Å². The van der Waals surface area contributed by atoms with Gasteiger partial charge in [-0.2, -0.15) is 0 Å². The third-order valence-electron chi connectivity index (χ3n) is 4.07. The first-order valence-electron chi connectivity index (χ1n) is 6.80. The fourth-order valence-electron chi connectivity index (χ4n) is 2.88. The van der Waals surface area contributed by atoms with Gasteiger partial charge in [0.25, 0.3) is 0 Å². The molecule has 0 amide bonds. The van der Waals surface area contributed by atoms with E-state index in [4.69, 9.17) is 9.47 Å². The minimum Gasteiger partial charge on any atom is -0.497 e. The zero-order valence-electron chi connectivity index (χ0n) is 11.7. The molecule has 0 radical (unpaired) electrons. The SMILES string of the molecule is COc1ccc(C2(CO)CCCNCC2)c(OC)c1. The third-order valence-corrected chi connectivity index (χ3v) is 4.07. The van der Waals surface area contributed by atoms with Gasteiger partial charge in [0.1, 0.15) is 11.5 Å². The lowest BCUT2D eigenvalue weighted by Gasteiger charge is -2.32. The summed E-state index contributed by atoms with van der Waals surface area (Å²) in [6, 6.07) is 5.86. The second-order valence-corrected chi connectivity index (χ2v) is 5.11. The average molecular weight is 265 g/mol. The molecule has 1 aliphatic rings. The number of hydrogen-bond acceptors (Lipinski definition) is 4. The van der Waals surface area contributed by atoms with Gasteiger partial charge in [0.15, 0.2) is 0 Å². The van der Waals surface area contributed by atoms with Crippen molar-refractivity contribution in [2.75, 3.05) is 33.9 Å². The van der Waals surface area contributed by atoms with E-state index in [1.54, 1.807) is 14.2 Å². The number of hydrogen-bond donors (Lipinski definition) is 2. The topological polar surface area (TPSA) is 50.7 Å². The van der Waals surface area contributed by atoms with E-state index >= 15 is 0 Å². The lowest BCUT2D eigenvalue weighted by molar-refractivity contribution is 0.175. The predicted octanol–water partition coefficient (Wildman–Crippen LogP) is 1.71. The van der Waals surface area contributed by atoms with Gasteiger partial charge in [-0.25, -0.2) is 0 Å². The minimum absolute atomic E-state index is 0.150. The maximum absolute atomic E-state index is 9.95. The molecule has 4 heteroatoms. The van der Waals surface area contributed by atoms with Crippen LogP contribution in [0.2, 0.25) is 0 Å². The summed E-state index contributed by atoms with van der Waals surface area (Å²) in [6.45, 7) is 2.09. The van der Waals surface area contributed by atoms with Crippen LogP contribution < -0.4 is 14.8 Å². The number of nitrogens with one attached hydrogen (secondary N) is 1. The van der Waals surface area contributed by atoms with Crippen LogP contribution in [0.1, 0.15) is 24.8 Å². The van der Waals surface area contributed by atoms with Crippen molar-refractivity contribution in [3.63, 3.8) is 0 Å². The van der Waals surface area contributed by atoms with E-state index in [0.29, 0.717) is 0 Å². The molecule has 0 aliphatic carbocycles. The highest BCUT2D eigenvalue weighted by atomic mass is 16.5. The highest BCUT2D eigenvalue weighted by molar-refractivity contribution is 5.45. The summed E-state index contributed by atoms with van der Waals surface area (Å²) in [5.74, 6) is 1.58. The highest BCUT2D eigenvalue weighted by Crippen LogP contribution is 2.40. The molecule has 1 aromatic rings. The molecule has 1 saturated heterocycles. The minimum atomic E-state index is -0.207. The van der Waals surface area contributed by atoms with Crippen LogP contribution in [-0.2, 0) is 5.41 Å². The van der Waals surface area contributed by atoms with Crippen LogP contribution >= 0.6 is 0 Å². The monoisotopic (exact) mass is 265 g/mol. The van der Waals surface area contributed by atoms with Gasteiger partial charge in [0.2, 0.25) is 0 Å². The van der Waals surface area contributed by atoms with Gasteiger partial charge in [-0.1, -0.05) is 6.07 Å². The van der Waals surface area contributed by atoms with E-state index in [-0.39, 0.29) is 12.0 Å². The fraction of sp³-hybridized carbons (Fsp3) is 0.600. The largest absolute Gasteiger partial charge is 0.497 e. The van der Waals surface area contributed by atoms with Crippen molar-refractivity contribution in [1.29, 1.82) is 0 Å². The Hall–Kier alpha value is -1.26. The van der Waals surface area contributed by atoms with E-state index in [0.717, 1.165) is 49.4 Å². The van der Waals surface area contributed by atoms with Crippen LogP contribution in [0.4, 0.5) is 0 Å². The molecule has 19 heavy (non-hydrogen) atoms.